The van der Waals surface area contributed by atoms with Crippen molar-refractivity contribution in [2.45, 2.75) is 12.6 Å². The van der Waals surface area contributed by atoms with Gasteiger partial charge in [0, 0.05) is 13.1 Å². The number of ether oxygens (including phenoxy) is 1. The van der Waals surface area contributed by atoms with Gasteiger partial charge in [0.2, 0.25) is 0 Å². The highest BCUT2D eigenvalue weighted by atomic mass is 19.4. The second-order valence-corrected chi connectivity index (χ2v) is 4.97. The van der Waals surface area contributed by atoms with E-state index in [1.807, 2.05) is 0 Å². The van der Waals surface area contributed by atoms with Crippen molar-refractivity contribution in [3.63, 3.8) is 0 Å². The molecule has 1 fully saturated rings. The van der Waals surface area contributed by atoms with Crippen LogP contribution in [0.1, 0.15) is 6.42 Å². The average molecular weight is 289 g/mol. The summed E-state index contributed by atoms with van der Waals surface area (Å²) >= 11 is 0. The lowest BCUT2D eigenvalue weighted by atomic mass is 10.1. The van der Waals surface area contributed by atoms with Crippen LogP contribution in [0.3, 0.4) is 0 Å². The first-order chi connectivity index (χ1) is 9.46. The molecule has 1 aromatic heterocycles. The van der Waals surface area contributed by atoms with Gasteiger partial charge >= 0.3 is 6.18 Å². The molecule has 1 unspecified atom stereocenters. The summed E-state index contributed by atoms with van der Waals surface area (Å²) in [5.74, 6) is 1.61. The summed E-state index contributed by atoms with van der Waals surface area (Å²) in [5, 5.41) is 3.15. The lowest BCUT2D eigenvalue weighted by molar-refractivity contribution is -0.143. The van der Waals surface area contributed by atoms with Crippen molar-refractivity contribution >= 4 is 5.82 Å². The fourth-order valence-corrected chi connectivity index (χ4v) is 2.33. The van der Waals surface area contributed by atoms with Gasteiger partial charge in [-0.05, 0) is 31.0 Å². The largest absolute Gasteiger partial charge is 0.495 e. The number of alkyl halides is 3. The van der Waals surface area contributed by atoms with Crippen LogP contribution in [0.2, 0.25) is 0 Å². The summed E-state index contributed by atoms with van der Waals surface area (Å²) in [6, 6.07) is 3.58. The van der Waals surface area contributed by atoms with Crippen LogP contribution in [0.5, 0.6) is 5.75 Å². The van der Waals surface area contributed by atoms with Gasteiger partial charge < -0.3 is 10.1 Å². The molecule has 0 radical (unpaired) electrons. The van der Waals surface area contributed by atoms with Crippen molar-refractivity contribution < 1.29 is 17.9 Å². The third kappa shape index (κ3) is 4.56. The molecule has 2 rings (SSSR count). The second-order valence-electron chi connectivity index (χ2n) is 4.97. The number of hydrogen-bond acceptors (Lipinski definition) is 4. The molecule has 7 heteroatoms. The Balaban J connectivity index is 1.75. The van der Waals surface area contributed by atoms with Gasteiger partial charge in [-0.15, -0.1) is 0 Å². The maximum Gasteiger partial charge on any atom is 0.401 e. The van der Waals surface area contributed by atoms with Crippen LogP contribution in [-0.2, 0) is 0 Å². The van der Waals surface area contributed by atoms with E-state index in [2.05, 4.69) is 10.3 Å². The molecular formula is C13H18F3N3O. The molecule has 0 aliphatic carbocycles. The van der Waals surface area contributed by atoms with Gasteiger partial charge in [-0.1, -0.05) is 0 Å². The monoisotopic (exact) mass is 289 g/mol. The Morgan fingerprint density at radius 1 is 1.45 bits per heavy atom. The van der Waals surface area contributed by atoms with Crippen molar-refractivity contribution in [2.24, 2.45) is 5.92 Å². The van der Waals surface area contributed by atoms with Gasteiger partial charge in [-0.25, -0.2) is 4.98 Å². The average Bonchev–Trinajstić information content (AvgIpc) is 2.82. The zero-order valence-electron chi connectivity index (χ0n) is 11.3. The molecule has 1 atom stereocenters. The maximum absolute atomic E-state index is 12.3. The molecule has 1 N–H and O–H groups in total. The van der Waals surface area contributed by atoms with Crippen LogP contribution in [-0.4, -0.2) is 49.3 Å². The van der Waals surface area contributed by atoms with Gasteiger partial charge in [0.1, 0.15) is 11.6 Å². The van der Waals surface area contributed by atoms with Crippen LogP contribution < -0.4 is 10.1 Å². The number of hydrogen-bond donors (Lipinski definition) is 1. The molecular weight excluding hydrogens is 271 g/mol. The van der Waals surface area contributed by atoms with Crippen molar-refractivity contribution in [1.29, 1.82) is 0 Å². The highest BCUT2D eigenvalue weighted by Crippen LogP contribution is 2.23. The molecule has 0 amide bonds. The van der Waals surface area contributed by atoms with E-state index < -0.39 is 12.7 Å². The van der Waals surface area contributed by atoms with Crippen LogP contribution in [0.4, 0.5) is 19.0 Å². The standard InChI is InChI=1S/C13H18F3N3O/c1-20-11-2-3-12(18-7-11)17-6-10-4-5-19(8-10)9-13(14,15)16/h2-3,7,10H,4-6,8-9H2,1H3,(H,17,18). The van der Waals surface area contributed by atoms with Gasteiger partial charge in [0.05, 0.1) is 19.9 Å². The first-order valence-corrected chi connectivity index (χ1v) is 6.49. The molecule has 1 aromatic rings. The number of anilines is 1. The lowest BCUT2D eigenvalue weighted by Crippen LogP contribution is -2.33. The van der Waals surface area contributed by atoms with E-state index in [0.29, 0.717) is 31.2 Å². The summed E-state index contributed by atoms with van der Waals surface area (Å²) in [4.78, 5) is 5.61. The van der Waals surface area contributed by atoms with Crippen molar-refractivity contribution in [1.82, 2.24) is 9.88 Å². The number of aromatic nitrogens is 1. The topological polar surface area (TPSA) is 37.4 Å². The molecule has 1 aliphatic rings. The van der Waals surface area contributed by atoms with Crippen LogP contribution >= 0.6 is 0 Å². The number of likely N-dealkylation sites (tertiary alicyclic amines) is 1. The first kappa shape index (κ1) is 14.9. The summed E-state index contributed by atoms with van der Waals surface area (Å²) in [6.45, 7) is 0.794. The molecule has 0 spiro atoms. The van der Waals surface area contributed by atoms with E-state index in [1.54, 1.807) is 25.4 Å². The molecule has 112 valence electrons. The number of methoxy groups -OCH3 is 1. The van der Waals surface area contributed by atoms with Crippen molar-refractivity contribution in [3.05, 3.63) is 18.3 Å². The van der Waals surface area contributed by atoms with E-state index in [1.165, 1.54) is 4.90 Å². The van der Waals surface area contributed by atoms with Gasteiger partial charge in [0.25, 0.3) is 0 Å². The number of nitrogens with zero attached hydrogens (tertiary/aromatic N) is 2. The Hall–Kier alpha value is -1.50. The Morgan fingerprint density at radius 2 is 2.25 bits per heavy atom. The quantitative estimate of drug-likeness (QED) is 0.903. The summed E-state index contributed by atoms with van der Waals surface area (Å²) in [7, 11) is 1.57. The predicted molar refractivity (Wildman–Crippen MR) is 69.9 cm³/mol. The van der Waals surface area contributed by atoms with E-state index in [4.69, 9.17) is 4.74 Å². The van der Waals surface area contributed by atoms with E-state index in [9.17, 15) is 13.2 Å². The minimum Gasteiger partial charge on any atom is -0.495 e. The summed E-state index contributed by atoms with van der Waals surface area (Å²) in [6.07, 6.45) is -1.73. The third-order valence-corrected chi connectivity index (χ3v) is 3.32. The Kier molecular flexibility index (Phi) is 4.69. The number of pyridine rings is 1. The molecule has 0 saturated carbocycles. The Labute approximate surface area is 115 Å². The minimum absolute atomic E-state index is 0.223. The van der Waals surface area contributed by atoms with E-state index in [-0.39, 0.29) is 5.92 Å². The van der Waals surface area contributed by atoms with Gasteiger partial charge in [-0.2, -0.15) is 13.2 Å². The van der Waals surface area contributed by atoms with E-state index in [0.717, 1.165) is 6.42 Å². The normalized spacial score (nSPS) is 20.1. The SMILES string of the molecule is COc1ccc(NCC2CCN(CC(F)(F)F)C2)nc1. The molecule has 20 heavy (non-hydrogen) atoms. The van der Waals surface area contributed by atoms with Gasteiger partial charge in [0.15, 0.2) is 0 Å². The highest BCUT2D eigenvalue weighted by Gasteiger charge is 2.34. The Bertz CT molecular complexity index is 422. The molecule has 1 aliphatic heterocycles. The summed E-state index contributed by atoms with van der Waals surface area (Å²) < 4.78 is 41.8. The third-order valence-electron chi connectivity index (χ3n) is 3.32. The van der Waals surface area contributed by atoms with E-state index >= 15 is 0 Å². The lowest BCUT2D eigenvalue weighted by Gasteiger charge is -2.18. The number of rotatable bonds is 5. The van der Waals surface area contributed by atoms with Crippen LogP contribution in [0.25, 0.3) is 0 Å². The smallest absolute Gasteiger partial charge is 0.401 e. The van der Waals surface area contributed by atoms with Crippen LogP contribution in [0, 0.1) is 5.92 Å². The molecule has 4 nitrogen and oxygen atoms in total. The molecule has 2 heterocycles. The zero-order chi connectivity index (χ0) is 14.6. The second kappa shape index (κ2) is 6.30. The molecule has 0 bridgehead atoms. The van der Waals surface area contributed by atoms with Gasteiger partial charge in [-0.3, -0.25) is 4.90 Å². The number of nitrogens with one attached hydrogen (secondary N) is 1. The van der Waals surface area contributed by atoms with Crippen molar-refractivity contribution in [2.75, 3.05) is 38.6 Å². The molecule has 1 saturated heterocycles. The maximum atomic E-state index is 12.3. The first-order valence-electron chi connectivity index (χ1n) is 6.49. The minimum atomic E-state index is -4.11. The molecule has 0 aromatic carbocycles. The van der Waals surface area contributed by atoms with Crippen molar-refractivity contribution in [3.8, 4) is 5.75 Å². The Morgan fingerprint density at radius 3 is 2.85 bits per heavy atom. The zero-order valence-corrected chi connectivity index (χ0v) is 11.3. The number of halogens is 3. The predicted octanol–water partition coefficient (Wildman–Crippen LogP) is 2.39. The highest BCUT2D eigenvalue weighted by molar-refractivity contribution is 5.37. The summed E-state index contributed by atoms with van der Waals surface area (Å²) in [5.41, 5.74) is 0. The fourth-order valence-electron chi connectivity index (χ4n) is 2.33. The van der Waals surface area contributed by atoms with Crippen LogP contribution in [0.15, 0.2) is 18.3 Å². The fraction of sp³-hybridized carbons (Fsp3) is 0.615.